The summed E-state index contributed by atoms with van der Waals surface area (Å²) in [6.07, 6.45) is 4.39. The summed E-state index contributed by atoms with van der Waals surface area (Å²) >= 11 is 3.30. The fourth-order valence-corrected chi connectivity index (χ4v) is 1.72. The summed E-state index contributed by atoms with van der Waals surface area (Å²) in [7, 11) is 0. The number of hydrogen-bond acceptors (Lipinski definition) is 2. The molecule has 1 heterocycles. The van der Waals surface area contributed by atoms with Gasteiger partial charge in [0, 0.05) is 17.1 Å². The molecular weight excluding hydrogens is 254 g/mol. The van der Waals surface area contributed by atoms with Gasteiger partial charge >= 0.3 is 0 Å². The van der Waals surface area contributed by atoms with Gasteiger partial charge in [-0.25, -0.2) is 0 Å². The van der Waals surface area contributed by atoms with Crippen LogP contribution in [0.2, 0.25) is 0 Å². The molecule has 0 N–H and O–H groups in total. The first-order chi connectivity index (χ1) is 7.17. The van der Waals surface area contributed by atoms with E-state index >= 15 is 0 Å². The van der Waals surface area contributed by atoms with Crippen molar-refractivity contribution in [2.24, 2.45) is 5.92 Å². The standard InChI is InChI=1S/C12H16BrNO/c1-3-9(4-2)7-12(15)11-6-5-10(13)8-14-11/h5-6,8-9H,3-4,7H2,1-2H3. The van der Waals surface area contributed by atoms with Gasteiger partial charge in [0.2, 0.25) is 0 Å². The zero-order valence-electron chi connectivity index (χ0n) is 9.16. The number of halogens is 1. The molecule has 0 aliphatic carbocycles. The number of rotatable bonds is 5. The maximum Gasteiger partial charge on any atom is 0.181 e. The monoisotopic (exact) mass is 269 g/mol. The lowest BCUT2D eigenvalue weighted by molar-refractivity contribution is 0.0954. The summed E-state index contributed by atoms with van der Waals surface area (Å²) in [5.41, 5.74) is 0.574. The van der Waals surface area contributed by atoms with Crippen LogP contribution in [0.1, 0.15) is 43.6 Å². The maximum absolute atomic E-state index is 11.8. The SMILES string of the molecule is CCC(CC)CC(=O)c1ccc(Br)cn1. The molecule has 2 nitrogen and oxygen atoms in total. The number of ketones is 1. The third-order valence-corrected chi connectivity index (χ3v) is 3.11. The predicted octanol–water partition coefficient (Wildman–Crippen LogP) is 3.85. The molecule has 15 heavy (non-hydrogen) atoms. The molecule has 0 aliphatic rings. The van der Waals surface area contributed by atoms with Crippen molar-refractivity contribution in [2.45, 2.75) is 33.1 Å². The van der Waals surface area contributed by atoms with Gasteiger partial charge in [-0.15, -0.1) is 0 Å². The van der Waals surface area contributed by atoms with E-state index < -0.39 is 0 Å². The minimum Gasteiger partial charge on any atom is -0.292 e. The summed E-state index contributed by atoms with van der Waals surface area (Å²) in [4.78, 5) is 15.9. The van der Waals surface area contributed by atoms with Crippen LogP contribution in [0.4, 0.5) is 0 Å². The smallest absolute Gasteiger partial charge is 0.181 e. The van der Waals surface area contributed by atoms with Crippen molar-refractivity contribution in [1.29, 1.82) is 0 Å². The zero-order valence-corrected chi connectivity index (χ0v) is 10.8. The van der Waals surface area contributed by atoms with Gasteiger partial charge in [-0.2, -0.15) is 0 Å². The molecule has 0 amide bonds. The van der Waals surface area contributed by atoms with Gasteiger partial charge in [0.15, 0.2) is 5.78 Å². The number of pyridine rings is 1. The predicted molar refractivity (Wildman–Crippen MR) is 65.0 cm³/mol. The normalized spacial score (nSPS) is 10.7. The van der Waals surface area contributed by atoms with Crippen LogP contribution in [0.5, 0.6) is 0 Å². The third kappa shape index (κ3) is 3.74. The number of carbonyl (C=O) groups excluding carboxylic acids is 1. The summed E-state index contributed by atoms with van der Waals surface area (Å²) in [5.74, 6) is 0.638. The quantitative estimate of drug-likeness (QED) is 0.760. The molecule has 0 aliphatic heterocycles. The number of Topliss-reactive ketones (excluding diaryl/α,β-unsaturated/α-hetero) is 1. The highest BCUT2D eigenvalue weighted by molar-refractivity contribution is 9.10. The van der Waals surface area contributed by atoms with Gasteiger partial charge in [0.1, 0.15) is 5.69 Å². The molecule has 0 radical (unpaired) electrons. The van der Waals surface area contributed by atoms with Crippen LogP contribution in [0.3, 0.4) is 0 Å². The molecule has 0 spiro atoms. The molecule has 3 heteroatoms. The molecule has 1 aromatic rings. The van der Waals surface area contributed by atoms with Crippen LogP contribution in [-0.4, -0.2) is 10.8 Å². The van der Waals surface area contributed by atoms with Crippen LogP contribution in [-0.2, 0) is 0 Å². The lowest BCUT2D eigenvalue weighted by Gasteiger charge is -2.10. The van der Waals surface area contributed by atoms with E-state index in [1.807, 2.05) is 6.07 Å². The third-order valence-electron chi connectivity index (χ3n) is 2.64. The Morgan fingerprint density at radius 1 is 1.40 bits per heavy atom. The van der Waals surface area contributed by atoms with Gasteiger partial charge in [-0.3, -0.25) is 9.78 Å². The van der Waals surface area contributed by atoms with Crippen LogP contribution in [0, 0.1) is 5.92 Å². The average molecular weight is 270 g/mol. The second-order valence-corrected chi connectivity index (χ2v) is 4.59. The molecule has 0 unspecified atom stereocenters. The second-order valence-electron chi connectivity index (χ2n) is 3.67. The van der Waals surface area contributed by atoms with Crippen LogP contribution in [0.25, 0.3) is 0 Å². The first kappa shape index (κ1) is 12.4. The Kier molecular flexibility index (Phi) is 4.95. The molecule has 0 saturated carbocycles. The van der Waals surface area contributed by atoms with Crippen molar-refractivity contribution < 1.29 is 4.79 Å². The first-order valence-electron chi connectivity index (χ1n) is 5.32. The van der Waals surface area contributed by atoms with Crippen LogP contribution in [0.15, 0.2) is 22.8 Å². The maximum atomic E-state index is 11.8. The fourth-order valence-electron chi connectivity index (χ4n) is 1.48. The molecule has 0 fully saturated rings. The summed E-state index contributed by atoms with van der Waals surface area (Å²) in [6.45, 7) is 4.24. The Morgan fingerprint density at radius 3 is 2.53 bits per heavy atom. The van der Waals surface area contributed by atoms with E-state index in [2.05, 4.69) is 34.8 Å². The van der Waals surface area contributed by atoms with E-state index in [9.17, 15) is 4.79 Å². The molecule has 0 atom stereocenters. The topological polar surface area (TPSA) is 30.0 Å². The van der Waals surface area contributed by atoms with E-state index in [4.69, 9.17) is 0 Å². The summed E-state index contributed by atoms with van der Waals surface area (Å²) in [6, 6.07) is 3.63. The van der Waals surface area contributed by atoms with E-state index in [0.29, 0.717) is 18.0 Å². The zero-order chi connectivity index (χ0) is 11.3. The fraction of sp³-hybridized carbons (Fsp3) is 0.500. The van der Waals surface area contributed by atoms with Crippen molar-refractivity contribution in [2.75, 3.05) is 0 Å². The summed E-state index contributed by atoms with van der Waals surface area (Å²) in [5, 5.41) is 0. The molecule has 82 valence electrons. The van der Waals surface area contributed by atoms with Crippen molar-refractivity contribution in [1.82, 2.24) is 4.98 Å². The average Bonchev–Trinajstić information content (AvgIpc) is 2.26. The van der Waals surface area contributed by atoms with Gasteiger partial charge < -0.3 is 0 Å². The number of aromatic nitrogens is 1. The minimum atomic E-state index is 0.149. The van der Waals surface area contributed by atoms with E-state index in [-0.39, 0.29) is 5.78 Å². The molecule has 1 rings (SSSR count). The number of nitrogens with zero attached hydrogens (tertiary/aromatic N) is 1. The van der Waals surface area contributed by atoms with Crippen molar-refractivity contribution in [3.05, 3.63) is 28.5 Å². The largest absolute Gasteiger partial charge is 0.292 e. The highest BCUT2D eigenvalue weighted by Gasteiger charge is 2.12. The Balaban J connectivity index is 2.64. The van der Waals surface area contributed by atoms with Gasteiger partial charge in [0.25, 0.3) is 0 Å². The van der Waals surface area contributed by atoms with E-state index in [1.54, 1.807) is 12.3 Å². The first-order valence-corrected chi connectivity index (χ1v) is 6.11. The molecule has 0 saturated heterocycles. The van der Waals surface area contributed by atoms with Gasteiger partial charge in [-0.05, 0) is 34.0 Å². The Labute approximate surface area is 99.2 Å². The van der Waals surface area contributed by atoms with Crippen LogP contribution >= 0.6 is 15.9 Å². The minimum absolute atomic E-state index is 0.149. The lowest BCUT2D eigenvalue weighted by Crippen LogP contribution is -2.08. The van der Waals surface area contributed by atoms with Crippen molar-refractivity contribution in [3.8, 4) is 0 Å². The number of hydrogen-bond donors (Lipinski definition) is 0. The Bertz CT molecular complexity index is 317. The summed E-state index contributed by atoms with van der Waals surface area (Å²) < 4.78 is 0.904. The van der Waals surface area contributed by atoms with Gasteiger partial charge in [-0.1, -0.05) is 26.7 Å². The van der Waals surface area contributed by atoms with Gasteiger partial charge in [0.05, 0.1) is 0 Å². The molecule has 0 aromatic carbocycles. The highest BCUT2D eigenvalue weighted by atomic mass is 79.9. The van der Waals surface area contributed by atoms with Crippen LogP contribution < -0.4 is 0 Å². The van der Waals surface area contributed by atoms with E-state index in [0.717, 1.165) is 17.3 Å². The highest BCUT2D eigenvalue weighted by Crippen LogP contribution is 2.16. The molecule has 1 aromatic heterocycles. The molecular formula is C12H16BrNO. The van der Waals surface area contributed by atoms with E-state index in [1.165, 1.54) is 0 Å². The Hall–Kier alpha value is -0.700. The molecule has 0 bridgehead atoms. The Morgan fingerprint density at radius 2 is 2.07 bits per heavy atom. The number of carbonyl (C=O) groups is 1. The lowest BCUT2D eigenvalue weighted by atomic mass is 9.96. The van der Waals surface area contributed by atoms with Crippen molar-refractivity contribution in [3.63, 3.8) is 0 Å². The van der Waals surface area contributed by atoms with Crippen molar-refractivity contribution >= 4 is 21.7 Å². The second kappa shape index (κ2) is 6.01.